The second-order valence-electron chi connectivity index (χ2n) is 11.8. The molecule has 0 spiro atoms. The lowest BCUT2D eigenvalue weighted by Gasteiger charge is -2.45. The van der Waals surface area contributed by atoms with Gasteiger partial charge in [-0.1, -0.05) is 117 Å². The highest BCUT2D eigenvalue weighted by molar-refractivity contribution is 6.81. The number of benzene rings is 1. The Kier molecular flexibility index (Phi) is 7.63. The van der Waals surface area contributed by atoms with Crippen molar-refractivity contribution in [2.75, 3.05) is 0 Å². The molecule has 2 nitrogen and oxygen atoms in total. The zero-order valence-electron chi connectivity index (χ0n) is 20.4. The van der Waals surface area contributed by atoms with Gasteiger partial charge in [0.1, 0.15) is 0 Å². The molecule has 1 rings (SSSR count). The Morgan fingerprint density at radius 3 is 1.14 bits per heavy atom. The molecule has 0 aliphatic rings. The molecule has 0 aliphatic heterocycles. The summed E-state index contributed by atoms with van der Waals surface area (Å²) in [5.74, 6) is 0. The lowest BCUT2D eigenvalue weighted by molar-refractivity contribution is 0.517. The predicted octanol–water partition coefficient (Wildman–Crippen LogP) is 8.88. The molecule has 0 aliphatic carbocycles. The van der Waals surface area contributed by atoms with E-state index >= 15 is 0 Å². The van der Waals surface area contributed by atoms with E-state index in [-0.39, 0.29) is 10.8 Å². The number of nitrogens with zero attached hydrogens (tertiary/aromatic N) is 2. The van der Waals surface area contributed by atoms with Crippen molar-refractivity contribution >= 4 is 28.6 Å². The average Bonchev–Trinajstić information content (AvgIpc) is 2.43. The van der Waals surface area contributed by atoms with Gasteiger partial charge in [0.25, 0.3) is 0 Å². The first kappa shape index (κ1) is 24.8. The van der Waals surface area contributed by atoms with Gasteiger partial charge in [0.15, 0.2) is 0 Å². The average molecular weight is 415 g/mol. The summed E-state index contributed by atoms with van der Waals surface area (Å²) in [6, 6.07) is 8.63. The lowest BCUT2D eigenvalue weighted by atomic mass is 9.88. The standard InChI is InChI=1S/C24H42N2Si2/c1-23(2,3)21(25-27(7,8)9)17-19-15-13-14-16-20(19)18-22(24(4,5)6)26-28(10,11)12/h13-18H,1-12H3/q-2/b21-17+,22-18+. The van der Waals surface area contributed by atoms with Crippen LogP contribution in [0.1, 0.15) is 52.7 Å². The summed E-state index contributed by atoms with van der Waals surface area (Å²) < 4.78 is 0. The van der Waals surface area contributed by atoms with E-state index < -0.39 is 16.5 Å². The summed E-state index contributed by atoms with van der Waals surface area (Å²) in [5, 5.41) is 0. The Morgan fingerprint density at radius 2 is 0.929 bits per heavy atom. The molecule has 0 saturated heterocycles. The van der Waals surface area contributed by atoms with Gasteiger partial charge in [-0.2, -0.15) is 11.4 Å². The number of hydrogen-bond donors (Lipinski definition) is 0. The molecule has 0 aromatic heterocycles. The SMILES string of the molecule is CC(C)(C)/C(=C\c1ccccc1/C=C(/[N-][Si](C)(C)C)C(C)(C)C)[N-][Si](C)(C)C. The van der Waals surface area contributed by atoms with Gasteiger partial charge in [-0.25, -0.2) is 0 Å². The Hall–Kier alpha value is -1.27. The highest BCUT2D eigenvalue weighted by atomic mass is 28.3. The maximum Gasteiger partial charge on any atom is -0.0200 e. The number of rotatable bonds is 6. The highest BCUT2D eigenvalue weighted by Gasteiger charge is 2.16. The Bertz CT molecular complexity index is 656. The summed E-state index contributed by atoms with van der Waals surface area (Å²) in [6.45, 7) is 27.3. The van der Waals surface area contributed by atoms with Gasteiger partial charge in [-0.05, 0) is 38.4 Å². The normalized spacial score (nSPS) is 14.9. The molecule has 1 aromatic carbocycles. The van der Waals surface area contributed by atoms with Gasteiger partial charge in [0.05, 0.1) is 0 Å². The largest absolute Gasteiger partial charge is 0.690 e. The molecule has 0 unspecified atom stereocenters. The topological polar surface area (TPSA) is 28.2 Å². The number of allylic oxidation sites excluding steroid dienone is 2. The van der Waals surface area contributed by atoms with Gasteiger partial charge in [0, 0.05) is 0 Å². The van der Waals surface area contributed by atoms with Crippen molar-refractivity contribution in [3.05, 3.63) is 56.8 Å². The van der Waals surface area contributed by atoms with Crippen LogP contribution in [0.25, 0.3) is 22.1 Å². The van der Waals surface area contributed by atoms with Crippen LogP contribution in [-0.2, 0) is 0 Å². The third-order valence-electron chi connectivity index (χ3n) is 4.03. The predicted molar refractivity (Wildman–Crippen MR) is 135 cm³/mol. The van der Waals surface area contributed by atoms with E-state index in [2.05, 4.69) is 117 Å². The van der Waals surface area contributed by atoms with Crippen LogP contribution in [0, 0.1) is 10.8 Å². The van der Waals surface area contributed by atoms with Crippen molar-refractivity contribution in [1.29, 1.82) is 0 Å². The second kappa shape index (κ2) is 8.62. The Morgan fingerprint density at radius 1 is 0.643 bits per heavy atom. The van der Waals surface area contributed by atoms with Gasteiger partial charge in [0.2, 0.25) is 0 Å². The molecule has 0 atom stereocenters. The lowest BCUT2D eigenvalue weighted by Crippen LogP contribution is -2.23. The smallest absolute Gasteiger partial charge is 0.0200 e. The molecule has 4 heteroatoms. The van der Waals surface area contributed by atoms with E-state index in [0.29, 0.717) is 0 Å². The van der Waals surface area contributed by atoms with E-state index in [1.165, 1.54) is 22.5 Å². The van der Waals surface area contributed by atoms with Crippen LogP contribution in [0.15, 0.2) is 35.7 Å². The summed E-state index contributed by atoms with van der Waals surface area (Å²) >= 11 is 0. The van der Waals surface area contributed by atoms with Crippen molar-refractivity contribution in [1.82, 2.24) is 0 Å². The quantitative estimate of drug-likeness (QED) is 0.416. The van der Waals surface area contributed by atoms with E-state index in [1.54, 1.807) is 0 Å². The van der Waals surface area contributed by atoms with Gasteiger partial charge >= 0.3 is 0 Å². The summed E-state index contributed by atoms with van der Waals surface area (Å²) in [6.07, 6.45) is 4.58. The van der Waals surface area contributed by atoms with Crippen LogP contribution in [-0.4, -0.2) is 16.5 Å². The minimum atomic E-state index is -1.57. The first-order chi connectivity index (χ1) is 12.4. The Balaban J connectivity index is 3.53. The molecule has 0 saturated carbocycles. The first-order valence-corrected chi connectivity index (χ1v) is 17.3. The van der Waals surface area contributed by atoms with E-state index in [1.807, 2.05) is 0 Å². The second-order valence-corrected chi connectivity index (χ2v) is 20.9. The van der Waals surface area contributed by atoms with Crippen molar-refractivity contribution in [2.45, 2.75) is 80.8 Å². The maximum atomic E-state index is 5.17. The van der Waals surface area contributed by atoms with Crippen molar-refractivity contribution in [3.63, 3.8) is 0 Å². The molecular weight excluding hydrogens is 372 g/mol. The molecule has 0 amide bonds. The minimum Gasteiger partial charge on any atom is -0.690 e. The Labute approximate surface area is 177 Å². The highest BCUT2D eigenvalue weighted by Crippen LogP contribution is 2.38. The van der Waals surface area contributed by atoms with Crippen LogP contribution < -0.4 is 0 Å². The molecular formula is C24H42N2Si2-2. The molecule has 0 N–H and O–H groups in total. The first-order valence-electron chi connectivity index (χ1n) is 10.4. The third-order valence-corrected chi connectivity index (χ3v) is 5.85. The van der Waals surface area contributed by atoms with Crippen LogP contribution in [0.5, 0.6) is 0 Å². The van der Waals surface area contributed by atoms with Gasteiger partial charge in [-0.3, -0.25) is 0 Å². The fraction of sp³-hybridized carbons (Fsp3) is 0.583. The zero-order valence-corrected chi connectivity index (χ0v) is 22.4. The summed E-state index contributed by atoms with van der Waals surface area (Å²) in [4.78, 5) is 10.3. The molecule has 0 heterocycles. The fourth-order valence-electron chi connectivity index (χ4n) is 2.62. The monoisotopic (exact) mass is 414 g/mol. The number of hydrogen-bond acceptors (Lipinski definition) is 0. The van der Waals surface area contributed by atoms with Crippen molar-refractivity contribution in [2.24, 2.45) is 10.8 Å². The minimum absolute atomic E-state index is 0.0205. The summed E-state index contributed by atoms with van der Waals surface area (Å²) in [7, 11) is -3.13. The maximum absolute atomic E-state index is 5.17. The van der Waals surface area contributed by atoms with Crippen LogP contribution >= 0.6 is 0 Å². The zero-order chi connectivity index (χ0) is 22.0. The van der Waals surface area contributed by atoms with Crippen LogP contribution in [0.2, 0.25) is 39.3 Å². The van der Waals surface area contributed by atoms with Gasteiger partial charge in [-0.15, -0.1) is 0 Å². The summed E-state index contributed by atoms with van der Waals surface area (Å²) in [5.41, 5.74) is 4.86. The van der Waals surface area contributed by atoms with Crippen LogP contribution in [0.4, 0.5) is 0 Å². The molecule has 1 aromatic rings. The van der Waals surface area contributed by atoms with Crippen LogP contribution in [0.3, 0.4) is 0 Å². The third kappa shape index (κ3) is 8.82. The van der Waals surface area contributed by atoms with Crippen molar-refractivity contribution in [3.8, 4) is 0 Å². The molecule has 0 fully saturated rings. The van der Waals surface area contributed by atoms with E-state index in [9.17, 15) is 0 Å². The van der Waals surface area contributed by atoms with Gasteiger partial charge < -0.3 is 9.96 Å². The van der Waals surface area contributed by atoms with Crippen molar-refractivity contribution < 1.29 is 0 Å². The molecule has 158 valence electrons. The fourth-order valence-corrected chi connectivity index (χ4v) is 4.87. The van der Waals surface area contributed by atoms with E-state index in [4.69, 9.17) is 9.96 Å². The molecule has 28 heavy (non-hydrogen) atoms. The molecule has 0 radical (unpaired) electrons. The molecule has 0 bridgehead atoms. The van der Waals surface area contributed by atoms with E-state index in [0.717, 1.165) is 0 Å².